The Balaban J connectivity index is 3.60. The zero-order valence-corrected chi connectivity index (χ0v) is 9.23. The van der Waals surface area contributed by atoms with Gasteiger partial charge in [-0.2, -0.15) is 0 Å². The summed E-state index contributed by atoms with van der Waals surface area (Å²) >= 11 is 2.10. The SMILES string of the molecule is C=C/C=C(\C=C)CCOSI. The molecule has 0 aliphatic heterocycles. The van der Waals surface area contributed by atoms with Crippen molar-refractivity contribution in [2.24, 2.45) is 0 Å². The Bertz CT molecular complexity index is 154. The summed E-state index contributed by atoms with van der Waals surface area (Å²) in [6, 6.07) is 0. The van der Waals surface area contributed by atoms with Crippen LogP contribution in [0, 0.1) is 0 Å². The van der Waals surface area contributed by atoms with E-state index in [4.69, 9.17) is 4.18 Å². The van der Waals surface area contributed by atoms with E-state index in [1.165, 1.54) is 9.21 Å². The molecule has 0 aromatic rings. The van der Waals surface area contributed by atoms with Crippen LogP contribution in [0.4, 0.5) is 0 Å². The van der Waals surface area contributed by atoms with E-state index in [-0.39, 0.29) is 0 Å². The van der Waals surface area contributed by atoms with Crippen LogP contribution in [0.25, 0.3) is 0 Å². The van der Waals surface area contributed by atoms with E-state index >= 15 is 0 Å². The number of rotatable bonds is 6. The first kappa shape index (κ1) is 11.3. The fourth-order valence-electron chi connectivity index (χ4n) is 0.596. The maximum absolute atomic E-state index is 5.09. The molecule has 0 spiro atoms. The fraction of sp³-hybridized carbons (Fsp3) is 0.250. The van der Waals surface area contributed by atoms with Crippen molar-refractivity contribution < 1.29 is 4.18 Å². The Hall–Kier alpha value is 0.260. The van der Waals surface area contributed by atoms with Gasteiger partial charge in [0.25, 0.3) is 0 Å². The van der Waals surface area contributed by atoms with E-state index in [0.717, 1.165) is 18.6 Å². The Morgan fingerprint density at radius 3 is 2.73 bits per heavy atom. The van der Waals surface area contributed by atoms with Gasteiger partial charge in [-0.05, 0) is 12.0 Å². The lowest BCUT2D eigenvalue weighted by molar-refractivity contribution is 0.387. The van der Waals surface area contributed by atoms with Gasteiger partial charge in [-0.3, -0.25) is 0 Å². The average Bonchev–Trinajstić information content (AvgIpc) is 2.03. The highest BCUT2D eigenvalue weighted by molar-refractivity contribution is 14.2. The summed E-state index contributed by atoms with van der Waals surface area (Å²) in [6.07, 6.45) is 6.41. The summed E-state index contributed by atoms with van der Waals surface area (Å²) < 4.78 is 5.09. The van der Waals surface area contributed by atoms with E-state index in [9.17, 15) is 0 Å². The standard InChI is InChI=1S/C8H11IOS/c1-3-5-8(4-2)6-7-10-11-9/h3-5H,1-2,6-7H2/b8-5+. The van der Waals surface area contributed by atoms with Gasteiger partial charge in [0.2, 0.25) is 0 Å². The second-order valence-corrected chi connectivity index (χ2v) is 3.26. The van der Waals surface area contributed by atoms with E-state index in [0.29, 0.717) is 0 Å². The predicted molar refractivity (Wildman–Crippen MR) is 60.7 cm³/mol. The lowest BCUT2D eigenvalue weighted by Gasteiger charge is -1.98. The maximum Gasteiger partial charge on any atom is 0.0663 e. The van der Waals surface area contributed by atoms with Gasteiger partial charge in [-0.1, -0.05) is 31.4 Å². The minimum atomic E-state index is 0.722. The molecule has 0 unspecified atom stereocenters. The van der Waals surface area contributed by atoms with E-state index in [2.05, 4.69) is 34.4 Å². The van der Waals surface area contributed by atoms with E-state index in [1.807, 2.05) is 12.2 Å². The van der Waals surface area contributed by atoms with Gasteiger partial charge < -0.3 is 4.18 Å². The zero-order chi connectivity index (χ0) is 8.53. The highest BCUT2D eigenvalue weighted by atomic mass is 127. The monoisotopic (exact) mass is 282 g/mol. The van der Waals surface area contributed by atoms with Crippen LogP contribution in [0.1, 0.15) is 6.42 Å². The van der Waals surface area contributed by atoms with Crippen LogP contribution in [0.2, 0.25) is 0 Å². The minimum absolute atomic E-state index is 0.722. The summed E-state index contributed by atoms with van der Waals surface area (Å²) in [7, 11) is 1.35. The number of halogens is 1. The highest BCUT2D eigenvalue weighted by Crippen LogP contribution is 2.14. The summed E-state index contributed by atoms with van der Waals surface area (Å²) in [5.74, 6) is 0. The van der Waals surface area contributed by atoms with Crippen LogP contribution in [-0.4, -0.2) is 6.61 Å². The van der Waals surface area contributed by atoms with Crippen molar-refractivity contribution in [1.82, 2.24) is 0 Å². The molecule has 0 saturated carbocycles. The van der Waals surface area contributed by atoms with Crippen LogP contribution in [0.3, 0.4) is 0 Å². The summed E-state index contributed by atoms with van der Waals surface area (Å²) in [5.41, 5.74) is 1.16. The van der Waals surface area contributed by atoms with Crippen LogP contribution in [0.15, 0.2) is 37.0 Å². The van der Waals surface area contributed by atoms with Gasteiger partial charge in [0, 0.05) is 21.2 Å². The van der Waals surface area contributed by atoms with Crippen molar-refractivity contribution in [3.63, 3.8) is 0 Å². The molecule has 0 radical (unpaired) electrons. The third-order valence-corrected chi connectivity index (χ3v) is 2.13. The van der Waals surface area contributed by atoms with Gasteiger partial charge in [-0.25, -0.2) is 0 Å². The molecule has 0 rings (SSSR count). The van der Waals surface area contributed by atoms with Gasteiger partial charge >= 0.3 is 0 Å². The predicted octanol–water partition coefficient (Wildman–Crippen LogP) is 3.69. The lowest BCUT2D eigenvalue weighted by atomic mass is 10.2. The number of allylic oxidation sites excluding steroid dienone is 3. The fourth-order valence-corrected chi connectivity index (χ4v) is 1.28. The van der Waals surface area contributed by atoms with Crippen molar-refractivity contribution in [1.29, 1.82) is 0 Å². The first-order valence-electron chi connectivity index (χ1n) is 3.19. The van der Waals surface area contributed by atoms with E-state index in [1.54, 1.807) is 6.08 Å². The van der Waals surface area contributed by atoms with Gasteiger partial charge in [0.1, 0.15) is 0 Å². The average molecular weight is 282 g/mol. The summed E-state index contributed by atoms with van der Waals surface area (Å²) in [4.78, 5) is 0. The second-order valence-electron chi connectivity index (χ2n) is 1.82. The smallest absolute Gasteiger partial charge is 0.0663 e. The summed E-state index contributed by atoms with van der Waals surface area (Å²) in [5, 5.41) is 0. The van der Waals surface area contributed by atoms with Crippen molar-refractivity contribution >= 4 is 30.4 Å². The molecule has 0 saturated heterocycles. The molecular weight excluding hydrogens is 271 g/mol. The first-order chi connectivity index (χ1) is 5.35. The van der Waals surface area contributed by atoms with Crippen molar-refractivity contribution in [2.45, 2.75) is 6.42 Å². The maximum atomic E-state index is 5.09. The normalized spacial score (nSPS) is 11.2. The van der Waals surface area contributed by atoms with Crippen LogP contribution < -0.4 is 0 Å². The molecule has 0 aliphatic carbocycles. The molecule has 0 heterocycles. The Morgan fingerprint density at radius 2 is 2.27 bits per heavy atom. The molecule has 0 N–H and O–H groups in total. The molecule has 0 bridgehead atoms. The Morgan fingerprint density at radius 1 is 1.55 bits per heavy atom. The topological polar surface area (TPSA) is 9.23 Å². The molecule has 11 heavy (non-hydrogen) atoms. The Labute approximate surface area is 84.4 Å². The molecule has 0 aliphatic rings. The summed E-state index contributed by atoms with van der Waals surface area (Å²) in [6.45, 7) is 8.00. The molecule has 0 fully saturated rings. The quantitative estimate of drug-likeness (QED) is 0.318. The lowest BCUT2D eigenvalue weighted by Crippen LogP contribution is -1.86. The highest BCUT2D eigenvalue weighted by Gasteiger charge is 1.90. The first-order valence-corrected chi connectivity index (χ1v) is 6.47. The molecule has 0 aromatic heterocycles. The van der Waals surface area contributed by atoms with E-state index < -0.39 is 0 Å². The third kappa shape index (κ3) is 6.65. The van der Waals surface area contributed by atoms with Gasteiger partial charge in [0.15, 0.2) is 0 Å². The second kappa shape index (κ2) is 8.36. The number of hydrogen-bond acceptors (Lipinski definition) is 2. The molecule has 1 nitrogen and oxygen atoms in total. The van der Waals surface area contributed by atoms with Crippen molar-refractivity contribution in [3.8, 4) is 0 Å². The van der Waals surface area contributed by atoms with Crippen molar-refractivity contribution in [3.05, 3.63) is 37.0 Å². The van der Waals surface area contributed by atoms with Crippen molar-refractivity contribution in [2.75, 3.05) is 6.61 Å². The zero-order valence-electron chi connectivity index (χ0n) is 6.25. The molecule has 0 atom stereocenters. The van der Waals surface area contributed by atoms with Crippen LogP contribution in [-0.2, 0) is 4.18 Å². The van der Waals surface area contributed by atoms with Gasteiger partial charge in [0.05, 0.1) is 15.8 Å². The van der Waals surface area contributed by atoms with Gasteiger partial charge in [-0.15, -0.1) is 0 Å². The Kier molecular flexibility index (Phi) is 8.56. The van der Waals surface area contributed by atoms with Crippen LogP contribution >= 0.6 is 30.4 Å². The molecule has 3 heteroatoms. The van der Waals surface area contributed by atoms with Crippen LogP contribution in [0.5, 0.6) is 0 Å². The molecule has 62 valence electrons. The minimum Gasteiger partial charge on any atom is -0.305 e. The largest absolute Gasteiger partial charge is 0.305 e. The molecule has 0 aromatic carbocycles. The molecule has 0 amide bonds. The number of hydrogen-bond donors (Lipinski definition) is 0. The third-order valence-electron chi connectivity index (χ3n) is 1.11. The molecular formula is C8H11IOS.